The first-order valence-electron chi connectivity index (χ1n) is 7.91. The molecule has 0 saturated carbocycles. The molecule has 2 aromatic heterocycles. The van der Waals surface area contributed by atoms with Crippen LogP contribution in [0.25, 0.3) is 22.0 Å². The first-order chi connectivity index (χ1) is 10.7. The summed E-state index contributed by atoms with van der Waals surface area (Å²) in [5.41, 5.74) is 10.9. The van der Waals surface area contributed by atoms with E-state index in [4.69, 9.17) is 5.73 Å². The van der Waals surface area contributed by atoms with Crippen LogP contribution in [-0.2, 0) is 13.0 Å². The van der Waals surface area contributed by atoms with Gasteiger partial charge in [-0.15, -0.1) is 0 Å². The zero-order chi connectivity index (χ0) is 15.5. The predicted molar refractivity (Wildman–Crippen MR) is 92.8 cm³/mol. The Morgan fingerprint density at radius 3 is 2.55 bits per heavy atom. The Hall–Kier alpha value is -2.13. The molecule has 114 valence electrons. The number of pyridine rings is 1. The molecule has 0 aliphatic heterocycles. The number of nitrogens with zero attached hydrogens (tertiary/aromatic N) is 2. The van der Waals surface area contributed by atoms with Crippen LogP contribution >= 0.6 is 0 Å². The first kappa shape index (κ1) is 14.8. The molecule has 3 aromatic rings. The van der Waals surface area contributed by atoms with Crippen molar-refractivity contribution in [1.29, 1.82) is 0 Å². The minimum absolute atomic E-state index is 0.640. The van der Waals surface area contributed by atoms with E-state index in [0.717, 1.165) is 13.0 Å². The van der Waals surface area contributed by atoms with Crippen molar-refractivity contribution in [3.63, 3.8) is 0 Å². The van der Waals surface area contributed by atoms with E-state index in [9.17, 15) is 0 Å². The van der Waals surface area contributed by atoms with Crippen molar-refractivity contribution in [2.45, 2.75) is 26.8 Å². The molecule has 0 spiro atoms. The molecule has 2 heterocycles. The first-order valence-corrected chi connectivity index (χ1v) is 7.91. The molecule has 3 heteroatoms. The normalized spacial score (nSPS) is 11.5. The second-order valence-corrected chi connectivity index (χ2v) is 6.20. The third-order valence-corrected chi connectivity index (χ3v) is 3.98. The quantitative estimate of drug-likeness (QED) is 0.776. The lowest BCUT2D eigenvalue weighted by atomic mass is 9.99. The monoisotopic (exact) mass is 293 g/mol. The number of hydrogen-bond acceptors (Lipinski definition) is 2. The summed E-state index contributed by atoms with van der Waals surface area (Å²) < 4.78 is 2.28. The molecule has 0 radical (unpaired) electrons. The molecular weight excluding hydrogens is 270 g/mol. The Bertz CT molecular complexity index is 757. The van der Waals surface area contributed by atoms with Crippen molar-refractivity contribution < 1.29 is 0 Å². The molecule has 0 saturated heterocycles. The van der Waals surface area contributed by atoms with Gasteiger partial charge in [0.15, 0.2) is 0 Å². The maximum atomic E-state index is 5.76. The molecule has 3 rings (SSSR count). The van der Waals surface area contributed by atoms with Gasteiger partial charge in [0.25, 0.3) is 0 Å². The minimum Gasteiger partial charge on any atom is -0.346 e. The van der Waals surface area contributed by atoms with Crippen molar-refractivity contribution in [1.82, 2.24) is 9.55 Å². The summed E-state index contributed by atoms with van der Waals surface area (Å²) in [6.07, 6.45) is 7.05. The lowest BCUT2D eigenvalue weighted by Gasteiger charge is -2.06. The molecule has 3 nitrogen and oxygen atoms in total. The van der Waals surface area contributed by atoms with Crippen LogP contribution in [0.2, 0.25) is 0 Å². The second-order valence-electron chi connectivity index (χ2n) is 6.20. The van der Waals surface area contributed by atoms with Crippen molar-refractivity contribution in [3.8, 4) is 11.1 Å². The number of nitrogens with two attached hydrogens (primary N) is 1. The smallest absolute Gasteiger partial charge is 0.0484 e. The Kier molecular flexibility index (Phi) is 4.25. The maximum absolute atomic E-state index is 5.76. The molecule has 1 aromatic carbocycles. The molecule has 0 fully saturated rings. The third kappa shape index (κ3) is 2.90. The van der Waals surface area contributed by atoms with E-state index in [1.54, 1.807) is 0 Å². The van der Waals surface area contributed by atoms with Gasteiger partial charge in [-0.05, 0) is 53.3 Å². The van der Waals surface area contributed by atoms with Gasteiger partial charge in [0.2, 0.25) is 0 Å². The number of aromatic nitrogens is 2. The second kappa shape index (κ2) is 6.32. The molecule has 22 heavy (non-hydrogen) atoms. The van der Waals surface area contributed by atoms with E-state index in [1.807, 2.05) is 12.4 Å². The van der Waals surface area contributed by atoms with Gasteiger partial charge in [-0.2, -0.15) is 0 Å². The van der Waals surface area contributed by atoms with Crippen molar-refractivity contribution in [2.75, 3.05) is 6.54 Å². The van der Waals surface area contributed by atoms with Crippen LogP contribution in [-0.4, -0.2) is 16.1 Å². The maximum Gasteiger partial charge on any atom is 0.0484 e. The average molecular weight is 293 g/mol. The van der Waals surface area contributed by atoms with Crippen molar-refractivity contribution in [3.05, 3.63) is 54.5 Å². The highest BCUT2D eigenvalue weighted by atomic mass is 15.0. The van der Waals surface area contributed by atoms with E-state index >= 15 is 0 Å². The van der Waals surface area contributed by atoms with Crippen molar-refractivity contribution in [2.24, 2.45) is 11.7 Å². The summed E-state index contributed by atoms with van der Waals surface area (Å²) in [4.78, 5) is 4.10. The molecule has 2 N–H and O–H groups in total. The number of benzene rings is 1. The lowest BCUT2D eigenvalue weighted by Crippen LogP contribution is -2.08. The Labute approximate surface area is 131 Å². The highest BCUT2D eigenvalue weighted by molar-refractivity contribution is 5.88. The summed E-state index contributed by atoms with van der Waals surface area (Å²) in [6, 6.07) is 10.8. The number of rotatable bonds is 5. The summed E-state index contributed by atoms with van der Waals surface area (Å²) >= 11 is 0. The van der Waals surface area contributed by atoms with Crippen LogP contribution in [0.1, 0.15) is 19.4 Å². The molecule has 0 aliphatic carbocycles. The van der Waals surface area contributed by atoms with E-state index < -0.39 is 0 Å². The van der Waals surface area contributed by atoms with Crippen LogP contribution in [0.15, 0.2) is 48.9 Å². The summed E-state index contributed by atoms with van der Waals surface area (Å²) in [5, 5.41) is 1.34. The Morgan fingerprint density at radius 1 is 1.09 bits per heavy atom. The van der Waals surface area contributed by atoms with Crippen LogP contribution in [0.5, 0.6) is 0 Å². The van der Waals surface area contributed by atoms with E-state index in [2.05, 4.69) is 59.9 Å². The van der Waals surface area contributed by atoms with Gasteiger partial charge in [0.05, 0.1) is 0 Å². The number of hydrogen-bond donors (Lipinski definition) is 1. The zero-order valence-corrected chi connectivity index (χ0v) is 13.3. The van der Waals surface area contributed by atoms with Crippen LogP contribution in [0, 0.1) is 5.92 Å². The van der Waals surface area contributed by atoms with Crippen LogP contribution < -0.4 is 5.73 Å². The van der Waals surface area contributed by atoms with Crippen LogP contribution in [0.4, 0.5) is 0 Å². The molecule has 0 amide bonds. The van der Waals surface area contributed by atoms with Gasteiger partial charge < -0.3 is 10.3 Å². The van der Waals surface area contributed by atoms with E-state index in [0.29, 0.717) is 12.5 Å². The van der Waals surface area contributed by atoms with Gasteiger partial charge in [0, 0.05) is 42.6 Å². The molecule has 0 aliphatic rings. The largest absolute Gasteiger partial charge is 0.346 e. The standard InChI is InChI=1S/C19H23N3/c1-14(2)11-17-13-22(10-7-20)19-4-3-16(12-18(17)19)15-5-8-21-9-6-15/h3-6,8-9,12-14H,7,10-11,20H2,1-2H3. The fourth-order valence-corrected chi connectivity index (χ4v) is 3.02. The van der Waals surface area contributed by atoms with E-state index in [-0.39, 0.29) is 0 Å². The van der Waals surface area contributed by atoms with Gasteiger partial charge in [-0.1, -0.05) is 19.9 Å². The molecule has 0 atom stereocenters. The molecular formula is C19H23N3. The molecule has 0 unspecified atom stereocenters. The SMILES string of the molecule is CC(C)Cc1cn(CCN)c2ccc(-c3ccncc3)cc12. The summed E-state index contributed by atoms with van der Waals surface area (Å²) in [7, 11) is 0. The van der Waals surface area contributed by atoms with E-state index in [1.165, 1.54) is 27.6 Å². The van der Waals surface area contributed by atoms with Gasteiger partial charge in [-0.25, -0.2) is 0 Å². The summed E-state index contributed by atoms with van der Waals surface area (Å²) in [5.74, 6) is 0.640. The predicted octanol–water partition coefficient (Wildman–Crippen LogP) is 3.86. The third-order valence-electron chi connectivity index (χ3n) is 3.98. The van der Waals surface area contributed by atoms with Gasteiger partial charge in [0.1, 0.15) is 0 Å². The van der Waals surface area contributed by atoms with Gasteiger partial charge >= 0.3 is 0 Å². The fraction of sp³-hybridized carbons (Fsp3) is 0.316. The highest BCUT2D eigenvalue weighted by Crippen LogP contribution is 2.29. The fourth-order valence-electron chi connectivity index (χ4n) is 3.02. The topological polar surface area (TPSA) is 43.8 Å². The molecule has 0 bridgehead atoms. The highest BCUT2D eigenvalue weighted by Gasteiger charge is 2.11. The Balaban J connectivity index is 2.12. The average Bonchev–Trinajstić information content (AvgIpc) is 2.85. The Morgan fingerprint density at radius 2 is 1.86 bits per heavy atom. The van der Waals surface area contributed by atoms with Gasteiger partial charge in [-0.3, -0.25) is 4.98 Å². The van der Waals surface area contributed by atoms with Crippen LogP contribution in [0.3, 0.4) is 0 Å². The number of fused-ring (bicyclic) bond motifs is 1. The minimum atomic E-state index is 0.640. The summed E-state index contributed by atoms with van der Waals surface area (Å²) in [6.45, 7) is 6.05. The lowest BCUT2D eigenvalue weighted by molar-refractivity contribution is 0.645. The zero-order valence-electron chi connectivity index (χ0n) is 13.3. The van der Waals surface area contributed by atoms with Crippen molar-refractivity contribution >= 4 is 10.9 Å².